The minimum absolute atomic E-state index is 0.250. The van der Waals surface area contributed by atoms with Crippen LogP contribution in [0.1, 0.15) is 13.8 Å². The highest BCUT2D eigenvalue weighted by Crippen LogP contribution is 1.47. The number of hydrogen-bond donors (Lipinski definition) is 3. The number of aliphatic hydroxyl groups is 1. The molecule has 0 saturated carbocycles. The summed E-state index contributed by atoms with van der Waals surface area (Å²) in [6.07, 6.45) is 0. The number of rotatable bonds is 2. The zero-order valence-electron chi connectivity index (χ0n) is 6.79. The molecule has 0 unspecified atom stereocenters. The zero-order chi connectivity index (χ0) is 8.83. The standard InChI is InChI=1S/C4H11N.CH2O2.CH4O/c1-3-5-4-2;2-1-3;1-2/h5H,3-4H2,1-2H3;1H,(H,2,3);2H,1H3. The van der Waals surface area contributed by atoms with Gasteiger partial charge >= 0.3 is 0 Å². The van der Waals surface area contributed by atoms with Crippen LogP contribution in [0.15, 0.2) is 0 Å². The number of hydrogen-bond acceptors (Lipinski definition) is 3. The highest BCUT2D eigenvalue weighted by Gasteiger charge is 1.62. The Labute approximate surface area is 61.9 Å². The van der Waals surface area contributed by atoms with E-state index < -0.39 is 0 Å². The van der Waals surface area contributed by atoms with E-state index in [1.807, 2.05) is 0 Å². The summed E-state index contributed by atoms with van der Waals surface area (Å²) in [6.45, 7) is 6.14. The highest BCUT2D eigenvalue weighted by atomic mass is 16.3. The molecule has 10 heavy (non-hydrogen) atoms. The van der Waals surface area contributed by atoms with Crippen LogP contribution in [0.3, 0.4) is 0 Å². The summed E-state index contributed by atoms with van der Waals surface area (Å²) < 4.78 is 0. The first-order valence-electron chi connectivity index (χ1n) is 3.06. The summed E-state index contributed by atoms with van der Waals surface area (Å²) in [7, 11) is 1.00. The van der Waals surface area contributed by atoms with E-state index in [4.69, 9.17) is 15.0 Å². The highest BCUT2D eigenvalue weighted by molar-refractivity contribution is 5.32. The second kappa shape index (κ2) is 39.9. The third kappa shape index (κ3) is 156. The van der Waals surface area contributed by atoms with Crippen LogP contribution in [0.2, 0.25) is 0 Å². The molecule has 4 nitrogen and oxygen atoms in total. The summed E-state index contributed by atoms with van der Waals surface area (Å²) in [5.41, 5.74) is 0. The van der Waals surface area contributed by atoms with Gasteiger partial charge in [0.25, 0.3) is 6.47 Å². The molecule has 0 rings (SSSR count). The lowest BCUT2D eigenvalue weighted by Crippen LogP contribution is -2.09. The van der Waals surface area contributed by atoms with Crippen LogP contribution < -0.4 is 5.32 Å². The van der Waals surface area contributed by atoms with E-state index in [-0.39, 0.29) is 6.47 Å². The maximum atomic E-state index is 8.36. The Morgan fingerprint density at radius 3 is 1.50 bits per heavy atom. The van der Waals surface area contributed by atoms with Gasteiger partial charge in [0, 0.05) is 7.11 Å². The molecule has 0 aliphatic rings. The molecule has 0 aromatic heterocycles. The molecule has 0 spiro atoms. The lowest BCUT2D eigenvalue weighted by molar-refractivity contribution is -0.122. The van der Waals surface area contributed by atoms with Gasteiger partial charge < -0.3 is 15.5 Å². The summed E-state index contributed by atoms with van der Waals surface area (Å²) in [5.74, 6) is 0. The number of carboxylic acid groups (broad SMARTS) is 1. The second-order valence-corrected chi connectivity index (χ2v) is 1.06. The molecular formula is C6H17NO3. The quantitative estimate of drug-likeness (QED) is 0.483. The Hall–Kier alpha value is -0.610. The predicted molar refractivity (Wildman–Crippen MR) is 41.1 cm³/mol. The molecule has 0 atom stereocenters. The Bertz CT molecular complexity index is 40.0. The molecule has 64 valence electrons. The Balaban J connectivity index is -0.0000000847. The van der Waals surface area contributed by atoms with Crippen LogP contribution in [0.5, 0.6) is 0 Å². The van der Waals surface area contributed by atoms with Crippen molar-refractivity contribution in [2.75, 3.05) is 20.2 Å². The van der Waals surface area contributed by atoms with Gasteiger partial charge in [-0.05, 0) is 13.1 Å². The van der Waals surface area contributed by atoms with Gasteiger partial charge in [-0.15, -0.1) is 0 Å². The van der Waals surface area contributed by atoms with E-state index in [9.17, 15) is 0 Å². The van der Waals surface area contributed by atoms with Crippen molar-refractivity contribution < 1.29 is 15.0 Å². The fourth-order valence-corrected chi connectivity index (χ4v) is 0.250. The van der Waals surface area contributed by atoms with Gasteiger partial charge in [-0.1, -0.05) is 13.8 Å². The summed E-state index contributed by atoms with van der Waals surface area (Å²) >= 11 is 0. The minimum atomic E-state index is -0.250. The predicted octanol–water partition coefficient (Wildman–Crippen LogP) is -0.0749. The first kappa shape index (κ1) is 16.2. The van der Waals surface area contributed by atoms with Crippen molar-refractivity contribution in [2.45, 2.75) is 13.8 Å². The molecule has 0 heterocycles. The molecule has 0 aromatic carbocycles. The fourth-order valence-electron chi connectivity index (χ4n) is 0.250. The third-order valence-electron chi connectivity index (χ3n) is 0.500. The largest absolute Gasteiger partial charge is 0.483 e. The second-order valence-electron chi connectivity index (χ2n) is 1.06. The van der Waals surface area contributed by atoms with Crippen LogP contribution in [-0.2, 0) is 4.79 Å². The van der Waals surface area contributed by atoms with E-state index >= 15 is 0 Å². The Kier molecular flexibility index (Phi) is 64.5. The molecule has 0 aliphatic carbocycles. The van der Waals surface area contributed by atoms with Crippen molar-refractivity contribution in [1.82, 2.24) is 5.32 Å². The molecule has 0 saturated heterocycles. The van der Waals surface area contributed by atoms with Crippen LogP contribution >= 0.6 is 0 Å². The lowest BCUT2D eigenvalue weighted by Gasteiger charge is -1.86. The number of carbonyl (C=O) groups is 1. The third-order valence-corrected chi connectivity index (χ3v) is 0.500. The summed E-state index contributed by atoms with van der Waals surface area (Å²) in [4.78, 5) is 8.36. The van der Waals surface area contributed by atoms with Gasteiger partial charge in [0.05, 0.1) is 0 Å². The molecule has 4 heteroatoms. The van der Waals surface area contributed by atoms with Gasteiger partial charge in [-0.25, -0.2) is 0 Å². The molecule has 0 bridgehead atoms. The first-order valence-corrected chi connectivity index (χ1v) is 3.06. The molecule has 0 aromatic rings. The van der Waals surface area contributed by atoms with Gasteiger partial charge in [-0.2, -0.15) is 0 Å². The van der Waals surface area contributed by atoms with Crippen LogP contribution in [-0.4, -0.2) is 36.9 Å². The lowest BCUT2D eigenvalue weighted by atomic mass is 10.7. The summed E-state index contributed by atoms with van der Waals surface area (Å²) in [5, 5.41) is 17.0. The molecule has 0 amide bonds. The van der Waals surface area contributed by atoms with Crippen LogP contribution in [0.4, 0.5) is 0 Å². The average Bonchev–Trinajstić information content (AvgIpc) is 1.96. The molecular weight excluding hydrogens is 134 g/mol. The van der Waals surface area contributed by atoms with Crippen molar-refractivity contribution in [3.05, 3.63) is 0 Å². The van der Waals surface area contributed by atoms with Gasteiger partial charge in [0.15, 0.2) is 0 Å². The van der Waals surface area contributed by atoms with Crippen molar-refractivity contribution in [1.29, 1.82) is 0 Å². The van der Waals surface area contributed by atoms with Crippen LogP contribution in [0.25, 0.3) is 0 Å². The van der Waals surface area contributed by atoms with Crippen molar-refractivity contribution in [3.8, 4) is 0 Å². The topological polar surface area (TPSA) is 69.6 Å². The maximum absolute atomic E-state index is 8.36. The minimum Gasteiger partial charge on any atom is -0.483 e. The van der Waals surface area contributed by atoms with Gasteiger partial charge in [0.2, 0.25) is 0 Å². The van der Waals surface area contributed by atoms with E-state index in [1.165, 1.54) is 0 Å². The number of nitrogens with one attached hydrogen (secondary N) is 1. The Morgan fingerprint density at radius 1 is 1.30 bits per heavy atom. The monoisotopic (exact) mass is 151 g/mol. The molecule has 0 radical (unpaired) electrons. The molecule has 0 aliphatic heterocycles. The van der Waals surface area contributed by atoms with E-state index in [1.54, 1.807) is 0 Å². The van der Waals surface area contributed by atoms with Gasteiger partial charge in [-0.3, -0.25) is 4.79 Å². The molecule has 0 fully saturated rings. The normalized spacial score (nSPS) is 6.00. The zero-order valence-corrected chi connectivity index (χ0v) is 6.79. The maximum Gasteiger partial charge on any atom is 0.290 e. The Morgan fingerprint density at radius 2 is 1.50 bits per heavy atom. The van der Waals surface area contributed by atoms with E-state index in [0.717, 1.165) is 20.2 Å². The number of aliphatic hydroxyl groups excluding tert-OH is 1. The van der Waals surface area contributed by atoms with Gasteiger partial charge in [0.1, 0.15) is 0 Å². The summed E-state index contributed by atoms with van der Waals surface area (Å²) in [6, 6.07) is 0. The van der Waals surface area contributed by atoms with Crippen molar-refractivity contribution >= 4 is 6.47 Å². The SMILES string of the molecule is CCNCC.CO.O=CO. The van der Waals surface area contributed by atoms with E-state index in [0.29, 0.717) is 0 Å². The fraction of sp³-hybridized carbons (Fsp3) is 0.833. The van der Waals surface area contributed by atoms with Crippen molar-refractivity contribution in [2.24, 2.45) is 0 Å². The van der Waals surface area contributed by atoms with Crippen molar-refractivity contribution in [3.63, 3.8) is 0 Å². The smallest absolute Gasteiger partial charge is 0.290 e. The van der Waals surface area contributed by atoms with E-state index in [2.05, 4.69) is 19.2 Å². The average molecular weight is 151 g/mol. The molecule has 3 N–H and O–H groups in total. The van der Waals surface area contributed by atoms with Crippen LogP contribution in [0, 0.1) is 0 Å². The first-order chi connectivity index (χ1) is 4.83.